The smallest absolute Gasteiger partial charge is 0.303 e. The lowest BCUT2D eigenvalue weighted by Crippen LogP contribution is -2.59. The van der Waals surface area contributed by atoms with Crippen LogP contribution in [0.25, 0.3) is 0 Å². The van der Waals surface area contributed by atoms with Crippen molar-refractivity contribution in [2.24, 2.45) is 11.3 Å². The van der Waals surface area contributed by atoms with Gasteiger partial charge >= 0.3 is 6.18 Å². The van der Waals surface area contributed by atoms with Crippen molar-refractivity contribution in [3.8, 4) is 0 Å². The van der Waals surface area contributed by atoms with Crippen LogP contribution in [0.1, 0.15) is 18.0 Å². The topological polar surface area (TPSA) is 20.3 Å². The summed E-state index contributed by atoms with van der Waals surface area (Å²) < 4.78 is 39.5. The second-order valence-electron chi connectivity index (χ2n) is 6.16. The summed E-state index contributed by atoms with van der Waals surface area (Å²) in [7, 11) is 0. The van der Waals surface area contributed by atoms with Crippen LogP contribution in [0, 0.1) is 11.3 Å². The number of benzene rings is 2. The highest BCUT2D eigenvalue weighted by Gasteiger charge is 2.81. The summed E-state index contributed by atoms with van der Waals surface area (Å²) in [5.41, 5.74) is 0.0858. The molecule has 1 amide bonds. The first-order valence-corrected chi connectivity index (χ1v) is 7.46. The number of halogens is 3. The van der Waals surface area contributed by atoms with Crippen molar-refractivity contribution >= 4 is 11.6 Å². The minimum absolute atomic E-state index is 0.113. The predicted octanol–water partition coefficient (Wildman–Crippen LogP) is 4.34. The van der Waals surface area contributed by atoms with E-state index in [1.165, 1.54) is 4.90 Å². The highest BCUT2D eigenvalue weighted by Crippen LogP contribution is 2.73. The molecule has 0 N–H and O–H groups in total. The van der Waals surface area contributed by atoms with Gasteiger partial charge in [0.1, 0.15) is 0 Å². The third kappa shape index (κ3) is 1.92. The van der Waals surface area contributed by atoms with Gasteiger partial charge in [0.15, 0.2) is 0 Å². The minimum Gasteiger partial charge on any atom is -0.303 e. The molecule has 118 valence electrons. The van der Waals surface area contributed by atoms with Gasteiger partial charge in [0.05, 0.1) is 17.4 Å². The lowest BCUT2D eigenvalue weighted by atomic mass is 9.76. The number of hydrogen-bond acceptors (Lipinski definition) is 1. The van der Waals surface area contributed by atoms with Gasteiger partial charge < -0.3 is 4.90 Å². The van der Waals surface area contributed by atoms with Crippen LogP contribution in [-0.2, 0) is 4.79 Å². The van der Waals surface area contributed by atoms with E-state index in [1.54, 1.807) is 48.5 Å². The van der Waals surface area contributed by atoms with E-state index in [0.717, 1.165) is 5.56 Å². The van der Waals surface area contributed by atoms with Crippen molar-refractivity contribution in [1.82, 2.24) is 0 Å². The Morgan fingerprint density at radius 2 is 1.52 bits per heavy atom. The number of nitrogens with zero attached hydrogens (tertiary/aromatic N) is 1. The number of rotatable bonds is 2. The van der Waals surface area contributed by atoms with E-state index < -0.39 is 29.5 Å². The Balaban J connectivity index is 1.77. The van der Waals surface area contributed by atoms with E-state index >= 15 is 0 Å². The Morgan fingerprint density at radius 1 is 0.957 bits per heavy atom. The van der Waals surface area contributed by atoms with Gasteiger partial charge in [0.2, 0.25) is 5.91 Å². The third-order valence-corrected chi connectivity index (χ3v) is 4.91. The van der Waals surface area contributed by atoms with Crippen LogP contribution in [0.2, 0.25) is 0 Å². The van der Waals surface area contributed by atoms with Gasteiger partial charge in [-0.05, 0) is 24.1 Å². The summed E-state index contributed by atoms with van der Waals surface area (Å²) in [5, 5.41) is 0. The SMILES string of the molecule is O=C1N(c2ccccc2)[C@H](c2ccccc2)[C@]12CC2C(F)(F)F. The van der Waals surface area contributed by atoms with Crippen LogP contribution < -0.4 is 4.90 Å². The van der Waals surface area contributed by atoms with Gasteiger partial charge in [-0.3, -0.25) is 4.79 Å². The fraction of sp³-hybridized carbons (Fsp3) is 0.278. The normalized spacial score (nSPS) is 29.5. The van der Waals surface area contributed by atoms with E-state index in [0.29, 0.717) is 5.69 Å². The Labute approximate surface area is 131 Å². The van der Waals surface area contributed by atoms with Crippen molar-refractivity contribution in [3.63, 3.8) is 0 Å². The molecule has 2 nitrogen and oxygen atoms in total. The monoisotopic (exact) mass is 317 g/mol. The first-order chi connectivity index (χ1) is 11.0. The summed E-state index contributed by atoms with van der Waals surface area (Å²) in [4.78, 5) is 14.1. The molecule has 4 rings (SSSR count). The van der Waals surface area contributed by atoms with Crippen molar-refractivity contribution in [2.75, 3.05) is 4.90 Å². The van der Waals surface area contributed by atoms with Gasteiger partial charge in [-0.1, -0.05) is 48.5 Å². The molecular formula is C18H14F3NO. The van der Waals surface area contributed by atoms with Crippen molar-refractivity contribution in [1.29, 1.82) is 0 Å². The van der Waals surface area contributed by atoms with E-state index in [-0.39, 0.29) is 6.42 Å². The Kier molecular flexibility index (Phi) is 2.86. The number of alkyl halides is 3. The molecule has 1 aliphatic carbocycles. The van der Waals surface area contributed by atoms with Crippen LogP contribution in [0.4, 0.5) is 18.9 Å². The molecule has 1 spiro atoms. The molecule has 0 bridgehead atoms. The second-order valence-corrected chi connectivity index (χ2v) is 6.16. The third-order valence-electron chi connectivity index (χ3n) is 4.91. The molecule has 1 saturated carbocycles. The first kappa shape index (κ1) is 14.3. The summed E-state index contributed by atoms with van der Waals surface area (Å²) in [6.45, 7) is 0. The zero-order chi connectivity index (χ0) is 16.2. The molecule has 0 radical (unpaired) electrons. The molecule has 0 aromatic heterocycles. The average molecular weight is 317 g/mol. The molecule has 23 heavy (non-hydrogen) atoms. The fourth-order valence-corrected chi connectivity index (χ4v) is 3.78. The van der Waals surface area contributed by atoms with Gasteiger partial charge in [0.25, 0.3) is 0 Å². The van der Waals surface area contributed by atoms with Crippen molar-refractivity contribution in [2.45, 2.75) is 18.6 Å². The molecule has 5 heteroatoms. The molecule has 1 saturated heterocycles. The summed E-state index contributed by atoms with van der Waals surface area (Å²) in [6, 6.07) is 17.3. The number of carbonyl (C=O) groups excluding carboxylic acids is 1. The van der Waals surface area contributed by atoms with Crippen molar-refractivity contribution in [3.05, 3.63) is 66.2 Å². The average Bonchev–Trinajstić information content (AvgIpc) is 3.32. The van der Waals surface area contributed by atoms with Gasteiger partial charge in [-0.2, -0.15) is 13.2 Å². The van der Waals surface area contributed by atoms with Crippen LogP contribution in [0.15, 0.2) is 60.7 Å². The maximum atomic E-state index is 13.2. The van der Waals surface area contributed by atoms with E-state index in [4.69, 9.17) is 0 Å². The number of hydrogen-bond donors (Lipinski definition) is 0. The summed E-state index contributed by atoms with van der Waals surface area (Å²) in [5.74, 6) is -1.95. The van der Waals surface area contributed by atoms with Crippen molar-refractivity contribution < 1.29 is 18.0 Å². The van der Waals surface area contributed by atoms with E-state index in [2.05, 4.69) is 0 Å². The number of carbonyl (C=O) groups is 1. The van der Waals surface area contributed by atoms with Gasteiger partial charge in [-0.25, -0.2) is 0 Å². The zero-order valence-corrected chi connectivity index (χ0v) is 12.1. The highest BCUT2D eigenvalue weighted by molar-refractivity contribution is 6.08. The number of anilines is 1. The summed E-state index contributed by atoms with van der Waals surface area (Å²) in [6.07, 6.45) is -4.44. The lowest BCUT2D eigenvalue weighted by molar-refractivity contribution is -0.168. The molecule has 2 aromatic rings. The minimum atomic E-state index is -4.33. The number of para-hydroxylation sites is 1. The first-order valence-electron chi connectivity index (χ1n) is 7.46. The molecular weight excluding hydrogens is 303 g/mol. The Hall–Kier alpha value is -2.30. The van der Waals surface area contributed by atoms with Gasteiger partial charge in [0, 0.05) is 5.69 Å². The summed E-state index contributed by atoms with van der Waals surface area (Å²) >= 11 is 0. The quantitative estimate of drug-likeness (QED) is 0.754. The molecule has 2 aromatic carbocycles. The highest BCUT2D eigenvalue weighted by atomic mass is 19.4. The maximum Gasteiger partial charge on any atom is 0.392 e. The molecule has 1 unspecified atom stereocenters. The second kappa shape index (κ2) is 4.60. The van der Waals surface area contributed by atoms with E-state index in [1.807, 2.05) is 12.1 Å². The van der Waals surface area contributed by atoms with Crippen LogP contribution >= 0.6 is 0 Å². The molecule has 3 atom stereocenters. The molecule has 1 aliphatic heterocycles. The molecule has 2 fully saturated rings. The number of β-lactam (4-membered cyclic amide) rings is 1. The zero-order valence-electron chi connectivity index (χ0n) is 12.1. The van der Waals surface area contributed by atoms with Gasteiger partial charge in [-0.15, -0.1) is 0 Å². The lowest BCUT2D eigenvalue weighted by Gasteiger charge is -2.49. The fourth-order valence-electron chi connectivity index (χ4n) is 3.78. The van der Waals surface area contributed by atoms with Crippen LogP contribution in [-0.4, -0.2) is 12.1 Å². The standard InChI is InChI=1S/C18H14F3NO/c19-18(20,21)14-11-17(14)15(12-7-3-1-4-8-12)22(16(17)23)13-9-5-2-6-10-13/h1-10,14-15H,11H2/t14?,15-,17-/m1/s1. The molecule has 2 aliphatic rings. The maximum absolute atomic E-state index is 13.2. The van der Waals surface area contributed by atoms with Crippen LogP contribution in [0.3, 0.4) is 0 Å². The largest absolute Gasteiger partial charge is 0.392 e. The van der Waals surface area contributed by atoms with Crippen LogP contribution in [0.5, 0.6) is 0 Å². The number of amides is 1. The van der Waals surface area contributed by atoms with E-state index in [9.17, 15) is 18.0 Å². The Morgan fingerprint density at radius 3 is 2.04 bits per heavy atom. The molecule has 1 heterocycles. The Bertz CT molecular complexity index is 744. The predicted molar refractivity (Wildman–Crippen MR) is 79.7 cm³/mol.